The zero-order valence-electron chi connectivity index (χ0n) is 20.6. The third kappa shape index (κ3) is 6.42. The van der Waals surface area contributed by atoms with Crippen LogP contribution < -0.4 is 10.6 Å². The average molecular weight is 472 g/mol. The molecule has 3 N–H and O–H groups in total. The number of carbonyl (C=O) groups excluding carboxylic acids is 2. The monoisotopic (exact) mass is 471 g/mol. The van der Waals surface area contributed by atoms with Crippen LogP contribution >= 0.6 is 0 Å². The topological polar surface area (TPSA) is 128 Å². The number of pyridine rings is 1. The molecule has 0 fully saturated rings. The minimum Gasteiger partial charge on any atom is -0.444 e. The number of alkyl carbamates (subject to hydrolysis) is 1. The van der Waals surface area contributed by atoms with Crippen LogP contribution in [0.25, 0.3) is 21.9 Å². The number of anilines is 1. The maximum atomic E-state index is 12.6. The molecule has 0 unspecified atom stereocenters. The molecule has 0 bridgehead atoms. The Morgan fingerprint density at radius 3 is 2.47 bits per heavy atom. The Bertz CT molecular complexity index is 1190. The molecule has 1 aromatic carbocycles. The zero-order chi connectivity index (χ0) is 25.1. The number of hydrogen-bond donors (Lipinski definition) is 3. The maximum Gasteiger partial charge on any atom is 0.408 e. The van der Waals surface area contributed by atoms with Crippen LogP contribution in [-0.2, 0) is 27.4 Å². The summed E-state index contributed by atoms with van der Waals surface area (Å²) in [4.78, 5) is 33.9. The molecule has 0 radical (unpaired) electrons. The van der Waals surface area contributed by atoms with E-state index < -0.39 is 23.2 Å². The van der Waals surface area contributed by atoms with Crippen molar-refractivity contribution in [3.05, 3.63) is 30.1 Å². The Morgan fingerprint density at radius 1 is 1.12 bits per heavy atom. The number of benzene rings is 1. The highest BCUT2D eigenvalue weighted by Crippen LogP contribution is 2.31. The quantitative estimate of drug-likeness (QED) is 0.460. The van der Waals surface area contributed by atoms with E-state index in [2.05, 4.69) is 15.6 Å². The molecule has 0 aliphatic carbocycles. The number of para-hydroxylation sites is 1. The van der Waals surface area contributed by atoms with Crippen LogP contribution in [-0.4, -0.2) is 56.0 Å². The van der Waals surface area contributed by atoms with Crippen LogP contribution in [0.4, 0.5) is 10.6 Å². The van der Waals surface area contributed by atoms with Crippen molar-refractivity contribution in [3.63, 3.8) is 0 Å². The first-order chi connectivity index (χ1) is 15.9. The Labute approximate surface area is 198 Å². The second kappa shape index (κ2) is 9.94. The summed E-state index contributed by atoms with van der Waals surface area (Å²) in [7, 11) is 0. The second-order valence-electron chi connectivity index (χ2n) is 9.64. The fourth-order valence-electron chi connectivity index (χ4n) is 3.47. The van der Waals surface area contributed by atoms with Crippen molar-refractivity contribution in [1.82, 2.24) is 19.9 Å². The van der Waals surface area contributed by atoms with E-state index in [0.29, 0.717) is 23.5 Å². The van der Waals surface area contributed by atoms with Crippen LogP contribution in [0.15, 0.2) is 24.3 Å². The fourth-order valence-corrected chi connectivity index (χ4v) is 3.47. The van der Waals surface area contributed by atoms with Crippen LogP contribution in [0.3, 0.4) is 0 Å². The van der Waals surface area contributed by atoms with Crippen molar-refractivity contribution < 1.29 is 24.2 Å². The third-order valence-electron chi connectivity index (χ3n) is 4.69. The van der Waals surface area contributed by atoms with Gasteiger partial charge in [0.2, 0.25) is 5.91 Å². The minimum absolute atomic E-state index is 0.239. The molecule has 0 atom stereocenters. The number of imidazole rings is 1. The first-order valence-electron chi connectivity index (χ1n) is 11.2. The van der Waals surface area contributed by atoms with E-state index in [4.69, 9.17) is 14.5 Å². The van der Waals surface area contributed by atoms with E-state index >= 15 is 0 Å². The molecule has 184 valence electrons. The van der Waals surface area contributed by atoms with E-state index in [1.807, 2.05) is 35.8 Å². The van der Waals surface area contributed by atoms with Gasteiger partial charge in [0.05, 0.1) is 23.2 Å². The number of ether oxygens (including phenoxy) is 2. The van der Waals surface area contributed by atoms with Crippen molar-refractivity contribution in [2.75, 3.05) is 18.5 Å². The summed E-state index contributed by atoms with van der Waals surface area (Å²) in [5.41, 5.74) is 0.183. The highest BCUT2D eigenvalue weighted by molar-refractivity contribution is 6.10. The van der Waals surface area contributed by atoms with Crippen LogP contribution in [0.1, 0.15) is 47.4 Å². The number of amides is 2. The van der Waals surface area contributed by atoms with Gasteiger partial charge in [-0.1, -0.05) is 18.2 Å². The summed E-state index contributed by atoms with van der Waals surface area (Å²) in [5.74, 6) is 0.398. The lowest BCUT2D eigenvalue weighted by Crippen LogP contribution is -2.37. The predicted molar refractivity (Wildman–Crippen MR) is 130 cm³/mol. The average Bonchev–Trinajstić information content (AvgIpc) is 3.07. The summed E-state index contributed by atoms with van der Waals surface area (Å²) in [6.45, 7) is 11.3. The Balaban J connectivity index is 2.01. The molecular formula is C24H33N5O5. The lowest BCUT2D eigenvalue weighted by atomic mass is 10.1. The molecule has 0 spiro atoms. The summed E-state index contributed by atoms with van der Waals surface area (Å²) in [5, 5.41) is 16.6. The van der Waals surface area contributed by atoms with Gasteiger partial charge in [-0.05, 0) is 47.6 Å². The predicted octanol–water partition coefficient (Wildman–Crippen LogP) is 3.36. The maximum absolute atomic E-state index is 12.6. The van der Waals surface area contributed by atoms with E-state index in [1.54, 1.807) is 34.6 Å². The number of aliphatic hydroxyl groups is 1. The summed E-state index contributed by atoms with van der Waals surface area (Å²) < 4.78 is 12.7. The van der Waals surface area contributed by atoms with Crippen molar-refractivity contribution in [3.8, 4) is 0 Å². The van der Waals surface area contributed by atoms with E-state index in [-0.39, 0.29) is 25.5 Å². The van der Waals surface area contributed by atoms with E-state index in [9.17, 15) is 14.7 Å². The fraction of sp³-hybridized carbons (Fsp3) is 0.500. The van der Waals surface area contributed by atoms with E-state index in [0.717, 1.165) is 10.9 Å². The van der Waals surface area contributed by atoms with Crippen LogP contribution in [0.2, 0.25) is 0 Å². The largest absolute Gasteiger partial charge is 0.444 e. The summed E-state index contributed by atoms with van der Waals surface area (Å²) >= 11 is 0. The van der Waals surface area contributed by atoms with E-state index in [1.165, 1.54) is 0 Å². The molecule has 10 heteroatoms. The number of nitrogens with one attached hydrogen (secondary N) is 2. The molecule has 10 nitrogen and oxygen atoms in total. The summed E-state index contributed by atoms with van der Waals surface area (Å²) in [6, 6.07) is 7.52. The van der Waals surface area contributed by atoms with Crippen molar-refractivity contribution >= 4 is 39.8 Å². The zero-order valence-corrected chi connectivity index (χ0v) is 20.6. The Morgan fingerprint density at radius 2 is 1.82 bits per heavy atom. The second-order valence-corrected chi connectivity index (χ2v) is 9.64. The van der Waals surface area contributed by atoms with Gasteiger partial charge in [-0.15, -0.1) is 0 Å². The minimum atomic E-state index is -1.01. The molecule has 2 heterocycles. The Kier molecular flexibility index (Phi) is 7.42. The first kappa shape index (κ1) is 25.4. The van der Waals surface area contributed by atoms with Gasteiger partial charge in [-0.3, -0.25) is 4.79 Å². The number of rotatable bonds is 8. The summed E-state index contributed by atoms with van der Waals surface area (Å²) in [6.07, 6.45) is -0.687. The first-order valence-corrected chi connectivity index (χ1v) is 11.2. The molecule has 0 saturated carbocycles. The SMILES string of the molecule is CCOCc1nc2c(NC(=O)CNC(=O)OC(C)(C)C)nc3ccccc3c2n1CC(C)(C)O. The number of nitrogens with zero attached hydrogens (tertiary/aromatic N) is 3. The Hall–Kier alpha value is -3.24. The van der Waals surface area contributed by atoms with Gasteiger partial charge in [-0.25, -0.2) is 14.8 Å². The van der Waals surface area contributed by atoms with Gasteiger partial charge in [-0.2, -0.15) is 0 Å². The van der Waals surface area contributed by atoms with Gasteiger partial charge < -0.3 is 29.8 Å². The number of carbonyl (C=O) groups is 2. The molecule has 0 aliphatic rings. The molecule has 2 amide bonds. The number of aromatic nitrogens is 3. The lowest BCUT2D eigenvalue weighted by molar-refractivity contribution is -0.115. The van der Waals surface area contributed by atoms with Gasteiger partial charge >= 0.3 is 6.09 Å². The molecule has 34 heavy (non-hydrogen) atoms. The highest BCUT2D eigenvalue weighted by Gasteiger charge is 2.24. The molecule has 2 aromatic heterocycles. The molecular weight excluding hydrogens is 438 g/mol. The van der Waals surface area contributed by atoms with Gasteiger partial charge in [0.25, 0.3) is 0 Å². The molecule has 3 aromatic rings. The molecule has 0 aliphatic heterocycles. The van der Waals surface area contributed by atoms with Crippen LogP contribution in [0.5, 0.6) is 0 Å². The molecule has 0 saturated heterocycles. The molecule has 3 rings (SSSR count). The van der Waals surface area contributed by atoms with Crippen molar-refractivity contribution in [2.24, 2.45) is 0 Å². The standard InChI is InChI=1S/C24H33N5O5/c1-7-33-13-17-27-19-20(29(17)14-24(5,6)32)15-10-8-9-11-16(15)26-21(19)28-18(30)12-25-22(31)34-23(2,3)4/h8-11,32H,7,12-14H2,1-6H3,(H,25,31)(H,26,28,30). The number of hydrogen-bond acceptors (Lipinski definition) is 7. The van der Waals surface area contributed by atoms with Crippen molar-refractivity contribution in [1.29, 1.82) is 0 Å². The van der Waals surface area contributed by atoms with Gasteiger partial charge in [0.1, 0.15) is 30.1 Å². The van der Waals surface area contributed by atoms with Crippen molar-refractivity contribution in [2.45, 2.75) is 65.9 Å². The smallest absolute Gasteiger partial charge is 0.408 e. The number of fused-ring (bicyclic) bond motifs is 3. The van der Waals surface area contributed by atoms with Gasteiger partial charge in [0.15, 0.2) is 5.82 Å². The lowest BCUT2D eigenvalue weighted by Gasteiger charge is -2.21. The highest BCUT2D eigenvalue weighted by atomic mass is 16.6. The third-order valence-corrected chi connectivity index (χ3v) is 4.69. The van der Waals surface area contributed by atoms with Crippen LogP contribution in [0, 0.1) is 0 Å². The van der Waals surface area contributed by atoms with Gasteiger partial charge in [0, 0.05) is 12.0 Å². The normalized spacial score (nSPS) is 12.2.